The van der Waals surface area contributed by atoms with Crippen LogP contribution in [0.1, 0.15) is 28.6 Å². The van der Waals surface area contributed by atoms with E-state index in [1.807, 2.05) is 31.2 Å². The van der Waals surface area contributed by atoms with Gasteiger partial charge in [0.05, 0.1) is 18.3 Å². The number of hydrogen-bond donors (Lipinski definition) is 2. The number of fused-ring (bicyclic) bond motifs is 3. The summed E-state index contributed by atoms with van der Waals surface area (Å²) in [7, 11) is 2.17. The lowest BCUT2D eigenvalue weighted by Gasteiger charge is -2.33. The first kappa shape index (κ1) is 28.5. The second-order valence-corrected chi connectivity index (χ2v) is 10.6. The molecule has 3 aromatic carbocycles. The lowest BCUT2D eigenvalue weighted by Crippen LogP contribution is -2.32. The van der Waals surface area contributed by atoms with Crippen molar-refractivity contribution in [2.45, 2.75) is 19.4 Å². The van der Waals surface area contributed by atoms with Crippen molar-refractivity contribution in [3.05, 3.63) is 105 Å². The van der Waals surface area contributed by atoms with Gasteiger partial charge in [-0.1, -0.05) is 40.5 Å². The lowest BCUT2D eigenvalue weighted by molar-refractivity contribution is -0.120. The summed E-state index contributed by atoms with van der Waals surface area (Å²) < 4.78 is 15.5. The molecule has 41 heavy (non-hydrogen) atoms. The van der Waals surface area contributed by atoms with Crippen molar-refractivity contribution in [3.8, 4) is 11.5 Å². The standard InChI is InChI=1S/C24H25ClN4O2.C7H5ClO2/c1-15-13-22(31-28-15)26-10-12-30-18-6-3-16(4-7-18)24-23-19(9-11-29(24)2)20-14-17(25)5-8-21(20)27-23;8-6-1-3-7(4-2-6)10-5-9/h3-8,13-14,24,26-27H,9-12H2,1-2H3;1-5H. The number of ether oxygens (including phenoxy) is 2. The molecule has 3 heterocycles. The largest absolute Gasteiger partial charge is 0.492 e. The fourth-order valence-corrected chi connectivity index (χ4v) is 5.21. The first-order valence-corrected chi connectivity index (χ1v) is 13.9. The van der Waals surface area contributed by atoms with Crippen molar-refractivity contribution >= 4 is 46.5 Å². The molecular weight excluding hydrogens is 563 g/mol. The molecule has 1 aliphatic rings. The van der Waals surface area contributed by atoms with Gasteiger partial charge in [-0.2, -0.15) is 0 Å². The number of aromatic nitrogens is 2. The van der Waals surface area contributed by atoms with Crippen LogP contribution in [0.2, 0.25) is 10.0 Å². The monoisotopic (exact) mass is 592 g/mol. The predicted octanol–water partition coefficient (Wildman–Crippen LogP) is 7.06. The Kier molecular flexibility index (Phi) is 9.14. The van der Waals surface area contributed by atoms with Gasteiger partial charge in [-0.15, -0.1) is 0 Å². The summed E-state index contributed by atoms with van der Waals surface area (Å²) in [5.74, 6) is 2.01. The molecule has 0 saturated heterocycles. The molecule has 6 rings (SSSR count). The normalized spacial score (nSPS) is 14.6. The number of rotatable bonds is 8. The highest BCUT2D eigenvalue weighted by molar-refractivity contribution is 6.31. The highest BCUT2D eigenvalue weighted by atomic mass is 35.5. The van der Waals surface area contributed by atoms with Crippen LogP contribution in [0.4, 0.5) is 5.88 Å². The molecule has 2 aromatic heterocycles. The van der Waals surface area contributed by atoms with Gasteiger partial charge in [0.15, 0.2) is 0 Å². The van der Waals surface area contributed by atoms with Gasteiger partial charge < -0.3 is 24.3 Å². The zero-order valence-corrected chi connectivity index (χ0v) is 24.2. The number of carbonyl (C=O) groups excluding carboxylic acids is 1. The van der Waals surface area contributed by atoms with E-state index in [1.54, 1.807) is 24.3 Å². The SMILES string of the molecule is Cc1cc(NCCOc2ccc(C3c4[nH]c5ccc(Cl)cc5c4CCN3C)cc2)on1.O=COc1ccc(Cl)cc1. The predicted molar refractivity (Wildman–Crippen MR) is 161 cm³/mol. The van der Waals surface area contributed by atoms with E-state index >= 15 is 0 Å². The van der Waals surface area contributed by atoms with Crippen molar-refractivity contribution in [3.63, 3.8) is 0 Å². The maximum atomic E-state index is 9.80. The van der Waals surface area contributed by atoms with Gasteiger partial charge >= 0.3 is 0 Å². The van der Waals surface area contributed by atoms with Crippen LogP contribution < -0.4 is 14.8 Å². The molecule has 0 saturated carbocycles. The third-order valence-corrected chi connectivity index (χ3v) is 7.31. The van der Waals surface area contributed by atoms with Crippen molar-refractivity contribution in [2.75, 3.05) is 32.1 Å². The quantitative estimate of drug-likeness (QED) is 0.147. The highest BCUT2D eigenvalue weighted by Crippen LogP contribution is 2.38. The third kappa shape index (κ3) is 7.03. The van der Waals surface area contributed by atoms with E-state index < -0.39 is 0 Å². The summed E-state index contributed by atoms with van der Waals surface area (Å²) in [4.78, 5) is 15.8. The molecule has 1 aliphatic heterocycles. The Morgan fingerprint density at radius 3 is 2.49 bits per heavy atom. The number of aromatic amines is 1. The molecule has 0 fully saturated rings. The Hall–Kier alpha value is -3.98. The van der Waals surface area contributed by atoms with E-state index in [-0.39, 0.29) is 6.04 Å². The summed E-state index contributed by atoms with van der Waals surface area (Å²) in [5, 5.41) is 9.65. The second kappa shape index (κ2) is 13.1. The molecule has 1 unspecified atom stereocenters. The van der Waals surface area contributed by atoms with Crippen LogP contribution in [0.15, 0.2) is 77.3 Å². The van der Waals surface area contributed by atoms with Crippen LogP contribution >= 0.6 is 23.2 Å². The number of nitrogens with zero attached hydrogens (tertiary/aromatic N) is 2. The second-order valence-electron chi connectivity index (χ2n) is 9.69. The molecule has 1 atom stereocenters. The fraction of sp³-hybridized carbons (Fsp3) is 0.226. The molecule has 8 nitrogen and oxygen atoms in total. The number of aryl methyl sites for hydroxylation is 1. The number of H-pyrrole nitrogens is 1. The van der Waals surface area contributed by atoms with Crippen LogP contribution in [0.25, 0.3) is 10.9 Å². The van der Waals surface area contributed by atoms with E-state index in [0.29, 0.717) is 36.3 Å². The summed E-state index contributed by atoms with van der Waals surface area (Å²) in [6.07, 6.45) is 1.02. The number of halogens is 2. The van der Waals surface area contributed by atoms with Crippen molar-refractivity contribution in [1.29, 1.82) is 0 Å². The summed E-state index contributed by atoms with van der Waals surface area (Å²) in [6.45, 7) is 4.45. The Bertz CT molecular complexity index is 1600. The summed E-state index contributed by atoms with van der Waals surface area (Å²) in [5.41, 5.74) is 5.86. The Morgan fingerprint density at radius 1 is 1.05 bits per heavy atom. The molecule has 0 aliphatic carbocycles. The number of carbonyl (C=O) groups is 1. The zero-order valence-electron chi connectivity index (χ0n) is 22.7. The van der Waals surface area contributed by atoms with Crippen LogP contribution in [0.3, 0.4) is 0 Å². The molecule has 0 radical (unpaired) electrons. The van der Waals surface area contributed by atoms with Gasteiger partial charge in [-0.05, 0) is 86.1 Å². The minimum atomic E-state index is 0.181. The first-order valence-electron chi connectivity index (χ1n) is 13.2. The molecule has 2 N–H and O–H groups in total. The highest BCUT2D eigenvalue weighted by Gasteiger charge is 2.29. The molecule has 0 spiro atoms. The third-order valence-electron chi connectivity index (χ3n) is 6.82. The zero-order chi connectivity index (χ0) is 28.8. The van der Waals surface area contributed by atoms with Gasteiger partial charge in [0, 0.05) is 39.3 Å². The van der Waals surface area contributed by atoms with Gasteiger partial charge in [-0.25, -0.2) is 0 Å². The van der Waals surface area contributed by atoms with Crippen LogP contribution in [-0.2, 0) is 11.2 Å². The Balaban J connectivity index is 0.000000287. The minimum absolute atomic E-state index is 0.181. The van der Waals surface area contributed by atoms with Gasteiger partial charge in [-0.3, -0.25) is 9.69 Å². The maximum absolute atomic E-state index is 9.80. The Labute approximate surface area is 248 Å². The molecule has 5 aromatic rings. The minimum Gasteiger partial charge on any atom is -0.492 e. The van der Waals surface area contributed by atoms with E-state index in [4.69, 9.17) is 32.5 Å². The van der Waals surface area contributed by atoms with Gasteiger partial charge in [0.2, 0.25) is 5.88 Å². The van der Waals surface area contributed by atoms with Gasteiger partial charge in [0.25, 0.3) is 6.47 Å². The molecule has 212 valence electrons. The number of likely N-dealkylation sites (N-methyl/N-ethyl adjacent to an activating group) is 1. The number of benzene rings is 3. The summed E-state index contributed by atoms with van der Waals surface area (Å²) in [6, 6.07) is 23.0. The average Bonchev–Trinajstić information content (AvgIpc) is 3.56. The van der Waals surface area contributed by atoms with Crippen LogP contribution in [0.5, 0.6) is 11.5 Å². The number of anilines is 1. The van der Waals surface area contributed by atoms with Crippen molar-refractivity contribution in [1.82, 2.24) is 15.0 Å². The van der Waals surface area contributed by atoms with Crippen molar-refractivity contribution in [2.24, 2.45) is 0 Å². The van der Waals surface area contributed by atoms with E-state index in [2.05, 4.69) is 56.4 Å². The van der Waals surface area contributed by atoms with E-state index in [0.717, 1.165) is 34.9 Å². The number of nitrogens with one attached hydrogen (secondary N) is 2. The molecular formula is C31H30Cl2N4O4. The first-order chi connectivity index (χ1) is 19.9. The number of hydrogen-bond acceptors (Lipinski definition) is 7. The lowest BCUT2D eigenvalue weighted by atomic mass is 9.93. The average molecular weight is 594 g/mol. The van der Waals surface area contributed by atoms with Crippen LogP contribution in [-0.4, -0.2) is 48.3 Å². The maximum Gasteiger partial charge on any atom is 0.298 e. The Morgan fingerprint density at radius 2 is 1.78 bits per heavy atom. The van der Waals surface area contributed by atoms with E-state index in [1.165, 1.54) is 22.2 Å². The fourth-order valence-electron chi connectivity index (χ4n) is 4.91. The molecule has 10 heteroatoms. The summed E-state index contributed by atoms with van der Waals surface area (Å²) >= 11 is 11.8. The topological polar surface area (TPSA) is 92.6 Å². The molecule has 0 bridgehead atoms. The van der Waals surface area contributed by atoms with Crippen molar-refractivity contribution < 1.29 is 18.8 Å². The van der Waals surface area contributed by atoms with E-state index in [9.17, 15) is 4.79 Å². The molecule has 0 amide bonds. The van der Waals surface area contributed by atoms with Gasteiger partial charge in [0.1, 0.15) is 18.1 Å². The smallest absolute Gasteiger partial charge is 0.298 e. The van der Waals surface area contributed by atoms with Crippen LogP contribution in [0, 0.1) is 6.92 Å².